The first-order chi connectivity index (χ1) is 28.8. The van der Waals surface area contributed by atoms with Gasteiger partial charge in [0.1, 0.15) is 0 Å². The maximum Gasteiger partial charge on any atom is 0.0640 e. The zero-order valence-corrected chi connectivity index (χ0v) is 32.4. The number of thiophene rings is 1. The minimum absolute atomic E-state index is 1.12. The molecule has 12 aromatic rings. The standard InChI is InChI=1S/C56H35NS/c1-6-17-45-38(12-1)30-33-51-50-22-11-23-53(56(50)58-55(45)51)57(54-35-41-14-3-5-16-44(41)47-19-9-10-21-49(47)54)42-31-28-37(29-32-42)36-24-26-39(27-25-36)52-34-40-13-2-4-15-43(40)46-18-7-8-20-48(46)52/h1-35H. The van der Waals surface area contributed by atoms with Gasteiger partial charge in [-0.3, -0.25) is 0 Å². The number of fused-ring (bicyclic) bond motifs is 11. The van der Waals surface area contributed by atoms with Crippen molar-refractivity contribution >= 4 is 102 Å². The Morgan fingerprint density at radius 3 is 1.48 bits per heavy atom. The summed E-state index contributed by atoms with van der Waals surface area (Å²) in [6.07, 6.45) is 0. The first kappa shape index (κ1) is 32.9. The molecule has 2 heteroatoms. The summed E-state index contributed by atoms with van der Waals surface area (Å²) >= 11 is 1.90. The van der Waals surface area contributed by atoms with E-state index in [0.717, 1.165) is 5.69 Å². The van der Waals surface area contributed by atoms with Gasteiger partial charge in [0.2, 0.25) is 0 Å². The molecule has 1 aromatic heterocycles. The van der Waals surface area contributed by atoms with E-state index in [1.807, 2.05) is 11.3 Å². The van der Waals surface area contributed by atoms with Crippen LogP contribution in [-0.2, 0) is 0 Å². The van der Waals surface area contributed by atoms with E-state index in [1.54, 1.807) is 0 Å². The molecular formula is C56H35NS. The summed E-state index contributed by atoms with van der Waals surface area (Å²) in [6, 6.07) is 78.2. The van der Waals surface area contributed by atoms with E-state index in [2.05, 4.69) is 217 Å². The number of hydrogen-bond donors (Lipinski definition) is 0. The van der Waals surface area contributed by atoms with Crippen LogP contribution >= 0.6 is 11.3 Å². The van der Waals surface area contributed by atoms with Gasteiger partial charge < -0.3 is 4.90 Å². The lowest BCUT2D eigenvalue weighted by Crippen LogP contribution is -2.10. The number of hydrogen-bond acceptors (Lipinski definition) is 2. The van der Waals surface area contributed by atoms with Crippen molar-refractivity contribution < 1.29 is 0 Å². The molecule has 0 spiro atoms. The lowest BCUT2D eigenvalue weighted by Gasteiger charge is -2.28. The molecular weight excluding hydrogens is 719 g/mol. The Labute approximate surface area is 340 Å². The van der Waals surface area contributed by atoms with Crippen LogP contribution in [0.2, 0.25) is 0 Å². The Kier molecular flexibility index (Phi) is 7.47. The van der Waals surface area contributed by atoms with Crippen LogP contribution in [0.4, 0.5) is 17.1 Å². The fourth-order valence-electron chi connectivity index (χ4n) is 9.25. The lowest BCUT2D eigenvalue weighted by atomic mass is 9.92. The van der Waals surface area contributed by atoms with Crippen molar-refractivity contribution in [2.24, 2.45) is 0 Å². The molecule has 0 bridgehead atoms. The van der Waals surface area contributed by atoms with Gasteiger partial charge in [0, 0.05) is 26.5 Å². The summed E-state index contributed by atoms with van der Waals surface area (Å²) in [5, 5.41) is 15.3. The first-order valence-electron chi connectivity index (χ1n) is 19.9. The van der Waals surface area contributed by atoms with E-state index < -0.39 is 0 Å². The largest absolute Gasteiger partial charge is 0.308 e. The molecule has 0 radical (unpaired) electrons. The van der Waals surface area contributed by atoms with E-state index >= 15 is 0 Å². The molecule has 0 aliphatic carbocycles. The van der Waals surface area contributed by atoms with Crippen LogP contribution in [0.5, 0.6) is 0 Å². The molecule has 1 heterocycles. The normalized spacial score (nSPS) is 11.8. The maximum absolute atomic E-state index is 2.49. The molecule has 0 fully saturated rings. The molecule has 0 amide bonds. The minimum atomic E-state index is 1.12. The second-order valence-corrected chi connectivity index (χ2v) is 16.3. The summed E-state index contributed by atoms with van der Waals surface area (Å²) in [7, 11) is 0. The Balaban J connectivity index is 1.01. The number of nitrogens with zero attached hydrogens (tertiary/aromatic N) is 1. The Bertz CT molecular complexity index is 3560. The van der Waals surface area contributed by atoms with Gasteiger partial charge >= 0.3 is 0 Å². The van der Waals surface area contributed by atoms with Gasteiger partial charge in [-0.1, -0.05) is 182 Å². The van der Waals surface area contributed by atoms with E-state index in [-0.39, 0.29) is 0 Å². The molecule has 0 N–H and O–H groups in total. The van der Waals surface area contributed by atoms with E-state index in [9.17, 15) is 0 Å². The average Bonchev–Trinajstić information content (AvgIpc) is 3.69. The fourth-order valence-corrected chi connectivity index (χ4v) is 10.6. The third kappa shape index (κ3) is 5.16. The van der Waals surface area contributed by atoms with E-state index in [1.165, 1.54) is 108 Å². The van der Waals surface area contributed by atoms with Crippen molar-refractivity contribution in [3.8, 4) is 22.3 Å². The predicted molar refractivity (Wildman–Crippen MR) is 252 cm³/mol. The zero-order valence-electron chi connectivity index (χ0n) is 31.6. The third-order valence-corrected chi connectivity index (χ3v) is 13.3. The molecule has 0 aliphatic rings. The first-order valence-corrected chi connectivity index (χ1v) is 20.7. The maximum atomic E-state index is 2.49. The average molecular weight is 754 g/mol. The van der Waals surface area contributed by atoms with Gasteiger partial charge in [0.25, 0.3) is 0 Å². The highest BCUT2D eigenvalue weighted by atomic mass is 32.1. The van der Waals surface area contributed by atoms with Crippen LogP contribution in [0, 0.1) is 0 Å². The number of rotatable bonds is 5. The Morgan fingerprint density at radius 2 is 0.776 bits per heavy atom. The molecule has 0 aliphatic heterocycles. The third-order valence-electron chi connectivity index (χ3n) is 12.0. The van der Waals surface area contributed by atoms with Crippen LogP contribution in [0.15, 0.2) is 212 Å². The lowest BCUT2D eigenvalue weighted by molar-refractivity contribution is 1.32. The van der Waals surface area contributed by atoms with Crippen molar-refractivity contribution in [2.75, 3.05) is 4.90 Å². The smallest absolute Gasteiger partial charge is 0.0640 e. The monoisotopic (exact) mass is 753 g/mol. The summed E-state index contributed by atoms with van der Waals surface area (Å²) in [6.45, 7) is 0. The number of anilines is 3. The summed E-state index contributed by atoms with van der Waals surface area (Å²) < 4.78 is 2.62. The molecule has 58 heavy (non-hydrogen) atoms. The summed E-state index contributed by atoms with van der Waals surface area (Å²) in [5.74, 6) is 0. The van der Waals surface area contributed by atoms with Crippen molar-refractivity contribution in [1.82, 2.24) is 0 Å². The fraction of sp³-hybridized carbons (Fsp3) is 0. The minimum Gasteiger partial charge on any atom is -0.308 e. The summed E-state index contributed by atoms with van der Waals surface area (Å²) in [5.41, 5.74) is 8.35. The molecule has 12 rings (SSSR count). The van der Waals surface area contributed by atoms with Crippen LogP contribution in [0.3, 0.4) is 0 Å². The molecule has 270 valence electrons. The highest BCUT2D eigenvalue weighted by molar-refractivity contribution is 7.27. The van der Waals surface area contributed by atoms with Crippen LogP contribution in [0.1, 0.15) is 0 Å². The van der Waals surface area contributed by atoms with E-state index in [0.29, 0.717) is 0 Å². The molecule has 0 saturated heterocycles. The van der Waals surface area contributed by atoms with Gasteiger partial charge in [-0.15, -0.1) is 11.3 Å². The predicted octanol–water partition coefficient (Wildman–Crippen LogP) is 16.6. The highest BCUT2D eigenvalue weighted by Crippen LogP contribution is 2.49. The molecule has 1 nitrogen and oxygen atoms in total. The highest BCUT2D eigenvalue weighted by Gasteiger charge is 2.22. The number of benzene rings is 11. The van der Waals surface area contributed by atoms with Gasteiger partial charge in [-0.25, -0.2) is 0 Å². The molecule has 0 saturated carbocycles. The summed E-state index contributed by atoms with van der Waals surface area (Å²) in [4.78, 5) is 2.49. The second kappa shape index (κ2) is 13.2. The molecule has 0 atom stereocenters. The van der Waals surface area contributed by atoms with Gasteiger partial charge in [0.15, 0.2) is 0 Å². The topological polar surface area (TPSA) is 3.24 Å². The SMILES string of the molecule is c1ccc2c(c1)cc(-c1ccc(-c3ccc(N(c4cc5ccccc5c5ccccc45)c4cccc5c4sc4c6ccccc6ccc54)cc3)cc1)c1ccccc12. The Hall–Kier alpha value is -7.26. The van der Waals surface area contributed by atoms with Crippen molar-refractivity contribution in [3.05, 3.63) is 212 Å². The van der Waals surface area contributed by atoms with Crippen molar-refractivity contribution in [1.29, 1.82) is 0 Å². The van der Waals surface area contributed by atoms with Gasteiger partial charge in [-0.2, -0.15) is 0 Å². The second-order valence-electron chi connectivity index (χ2n) is 15.2. The zero-order chi connectivity index (χ0) is 38.2. The van der Waals surface area contributed by atoms with E-state index in [4.69, 9.17) is 0 Å². The quantitative estimate of drug-likeness (QED) is 0.158. The Morgan fingerprint density at radius 1 is 0.276 bits per heavy atom. The van der Waals surface area contributed by atoms with Crippen LogP contribution in [0.25, 0.3) is 96.3 Å². The molecule has 11 aromatic carbocycles. The van der Waals surface area contributed by atoms with Crippen molar-refractivity contribution in [3.63, 3.8) is 0 Å². The van der Waals surface area contributed by atoms with Crippen molar-refractivity contribution in [2.45, 2.75) is 0 Å². The van der Waals surface area contributed by atoms with Gasteiger partial charge in [-0.05, 0) is 101 Å². The molecule has 0 unspecified atom stereocenters. The van der Waals surface area contributed by atoms with Crippen LogP contribution in [-0.4, -0.2) is 0 Å². The van der Waals surface area contributed by atoms with Gasteiger partial charge in [0.05, 0.1) is 16.1 Å². The van der Waals surface area contributed by atoms with Crippen LogP contribution < -0.4 is 4.90 Å².